The predicted molar refractivity (Wildman–Crippen MR) is 112 cm³/mol. The van der Waals surface area contributed by atoms with Crippen molar-refractivity contribution < 1.29 is 24.9 Å². The molecule has 1 aromatic heterocycles. The van der Waals surface area contributed by atoms with Crippen molar-refractivity contribution >= 4 is 55.6 Å². The third-order valence-electron chi connectivity index (χ3n) is 5.78. The number of benzene rings is 3. The number of aryl methyl sites for hydroxylation is 1. The fourth-order valence-corrected chi connectivity index (χ4v) is 4.64. The molecule has 0 aliphatic carbocycles. The van der Waals surface area contributed by atoms with Crippen molar-refractivity contribution in [3.8, 4) is 0 Å². The van der Waals surface area contributed by atoms with E-state index in [4.69, 9.17) is 0 Å². The molecule has 8 nitrogen and oxygen atoms in total. The van der Waals surface area contributed by atoms with Gasteiger partial charge >= 0.3 is 11.9 Å². The Labute approximate surface area is 168 Å². The summed E-state index contributed by atoms with van der Waals surface area (Å²) in [6.07, 6.45) is 0. The van der Waals surface area contributed by atoms with Crippen molar-refractivity contribution in [2.45, 2.75) is 19.6 Å². The maximum absolute atomic E-state index is 12.6. The van der Waals surface area contributed by atoms with Crippen molar-refractivity contribution in [3.63, 3.8) is 0 Å². The van der Waals surface area contributed by atoms with Gasteiger partial charge in [-0.15, -0.1) is 0 Å². The van der Waals surface area contributed by atoms with E-state index in [1.165, 1.54) is 6.92 Å². The summed E-state index contributed by atoms with van der Waals surface area (Å²) in [4.78, 5) is 39.1. The zero-order valence-electron chi connectivity index (χ0n) is 16.0. The van der Waals surface area contributed by atoms with E-state index >= 15 is 0 Å². The number of pyridine rings is 1. The minimum absolute atomic E-state index is 0.194. The zero-order chi connectivity index (χ0) is 21.5. The SMILES string of the molecule is Cc1ccc2c3c(c4cccc5c(C(=O)O)c(=O)[nH]c2c54)NC(C)(O)C(C(=O)O)=c13. The van der Waals surface area contributed by atoms with Crippen molar-refractivity contribution in [1.29, 1.82) is 0 Å². The van der Waals surface area contributed by atoms with Crippen molar-refractivity contribution in [2.24, 2.45) is 0 Å². The molecule has 30 heavy (non-hydrogen) atoms. The second-order valence-electron chi connectivity index (χ2n) is 7.67. The molecule has 1 aliphatic rings. The fourth-order valence-electron chi connectivity index (χ4n) is 4.64. The number of anilines is 1. The van der Waals surface area contributed by atoms with Gasteiger partial charge in [0.1, 0.15) is 5.56 Å². The van der Waals surface area contributed by atoms with E-state index in [2.05, 4.69) is 10.3 Å². The number of nitrogens with one attached hydrogen (secondary N) is 2. The first-order chi connectivity index (χ1) is 14.1. The van der Waals surface area contributed by atoms with E-state index in [1.54, 1.807) is 37.3 Å². The standard InChI is InChI=1S/C22H16N2O6/c1-8-6-7-11-14-12(8)16(21(28)29)22(2,30)24-18(14)10-5-3-4-9-13(10)17(11)23-19(25)15(9)20(26)27/h3-7,24,30H,1-2H3,(H,23,25)(H,26,27)(H,28,29). The molecular weight excluding hydrogens is 388 g/mol. The Morgan fingerprint density at radius 1 is 0.967 bits per heavy atom. The van der Waals surface area contributed by atoms with Crippen LogP contribution in [0.4, 0.5) is 5.69 Å². The smallest absolute Gasteiger partial charge is 0.341 e. The molecule has 1 aliphatic heterocycles. The average molecular weight is 404 g/mol. The number of carboxylic acid groups (broad SMARTS) is 2. The molecule has 5 rings (SSSR count). The van der Waals surface area contributed by atoms with E-state index in [0.29, 0.717) is 43.5 Å². The molecule has 0 radical (unpaired) electrons. The van der Waals surface area contributed by atoms with Crippen LogP contribution >= 0.6 is 0 Å². The third kappa shape index (κ3) is 2.11. The molecule has 8 heteroatoms. The van der Waals surface area contributed by atoms with Crippen LogP contribution in [0, 0.1) is 6.92 Å². The lowest BCUT2D eigenvalue weighted by molar-refractivity contribution is -0.131. The van der Waals surface area contributed by atoms with Gasteiger partial charge in [-0.05, 0) is 19.4 Å². The molecule has 0 amide bonds. The van der Waals surface area contributed by atoms with E-state index in [9.17, 15) is 29.7 Å². The molecule has 0 saturated carbocycles. The quantitative estimate of drug-likeness (QED) is 0.254. The Kier molecular flexibility index (Phi) is 3.37. The molecule has 4 aromatic rings. The van der Waals surface area contributed by atoms with Crippen molar-refractivity contribution in [1.82, 2.24) is 4.98 Å². The average Bonchev–Trinajstić information content (AvgIpc) is 2.65. The number of carboxylic acids is 2. The fraction of sp³-hybridized carbons (Fsp3) is 0.136. The molecule has 150 valence electrons. The number of aliphatic carboxylic acids is 1. The highest BCUT2D eigenvalue weighted by Gasteiger charge is 2.37. The Bertz CT molecular complexity index is 1580. The molecule has 0 bridgehead atoms. The summed E-state index contributed by atoms with van der Waals surface area (Å²) in [7, 11) is 0. The number of H-pyrrole nitrogens is 1. The monoisotopic (exact) mass is 404 g/mol. The van der Waals surface area contributed by atoms with Gasteiger partial charge in [-0.2, -0.15) is 0 Å². The molecule has 0 spiro atoms. The lowest BCUT2D eigenvalue weighted by Gasteiger charge is -2.33. The number of rotatable bonds is 2. The first kappa shape index (κ1) is 18.1. The first-order valence-corrected chi connectivity index (χ1v) is 9.19. The van der Waals surface area contributed by atoms with E-state index in [1.807, 2.05) is 0 Å². The van der Waals surface area contributed by atoms with Crippen LogP contribution in [0.15, 0.2) is 35.1 Å². The molecule has 0 saturated heterocycles. The number of aromatic nitrogens is 1. The maximum atomic E-state index is 12.6. The second kappa shape index (κ2) is 5.58. The summed E-state index contributed by atoms with van der Waals surface area (Å²) < 4.78 is 0. The van der Waals surface area contributed by atoms with Gasteiger partial charge in [0, 0.05) is 32.1 Å². The van der Waals surface area contributed by atoms with Gasteiger partial charge in [0.25, 0.3) is 5.56 Å². The van der Waals surface area contributed by atoms with Gasteiger partial charge in [0.15, 0.2) is 5.72 Å². The van der Waals surface area contributed by atoms with Gasteiger partial charge in [-0.1, -0.05) is 30.3 Å². The second-order valence-corrected chi connectivity index (χ2v) is 7.67. The molecule has 0 fully saturated rings. The van der Waals surface area contributed by atoms with Gasteiger partial charge in [-0.25, -0.2) is 9.59 Å². The lowest BCUT2D eigenvalue weighted by atomic mass is 9.86. The summed E-state index contributed by atoms with van der Waals surface area (Å²) in [6, 6.07) is 8.43. The number of carbonyl (C=O) groups is 2. The predicted octanol–water partition coefficient (Wildman–Crippen LogP) is 1.93. The number of aromatic amines is 1. The number of hydrogen-bond acceptors (Lipinski definition) is 5. The van der Waals surface area contributed by atoms with Crippen LogP contribution < -0.4 is 16.1 Å². The zero-order valence-corrected chi connectivity index (χ0v) is 16.0. The summed E-state index contributed by atoms with van der Waals surface area (Å²) in [5.41, 5.74) is -1.60. The minimum atomic E-state index is -1.87. The highest BCUT2D eigenvalue weighted by atomic mass is 16.4. The van der Waals surface area contributed by atoms with Crippen molar-refractivity contribution in [2.75, 3.05) is 5.32 Å². The number of fused-ring (bicyclic) bond motifs is 2. The van der Waals surface area contributed by atoms with Gasteiger partial charge in [0.2, 0.25) is 0 Å². The Morgan fingerprint density at radius 2 is 1.67 bits per heavy atom. The highest BCUT2D eigenvalue weighted by Crippen LogP contribution is 2.42. The Hall–Kier alpha value is -3.91. The minimum Gasteiger partial charge on any atom is -0.478 e. The molecule has 1 atom stereocenters. The summed E-state index contributed by atoms with van der Waals surface area (Å²) in [5.74, 6) is -2.60. The van der Waals surface area contributed by atoms with Gasteiger partial charge in [-0.3, -0.25) is 4.79 Å². The van der Waals surface area contributed by atoms with Crippen LogP contribution in [-0.4, -0.2) is 38.0 Å². The molecular formula is C22H16N2O6. The summed E-state index contributed by atoms with van der Waals surface area (Å²) in [6.45, 7) is 3.12. The number of aromatic carboxylic acids is 1. The van der Waals surface area contributed by atoms with Crippen molar-refractivity contribution in [3.05, 3.63) is 57.0 Å². The van der Waals surface area contributed by atoms with E-state index in [-0.39, 0.29) is 16.5 Å². The molecule has 5 N–H and O–H groups in total. The molecule has 3 aromatic carbocycles. The topological polar surface area (TPSA) is 140 Å². The Balaban J connectivity index is 2.21. The van der Waals surface area contributed by atoms with Gasteiger partial charge < -0.3 is 25.6 Å². The van der Waals surface area contributed by atoms with Crippen LogP contribution in [0.25, 0.3) is 38.0 Å². The van der Waals surface area contributed by atoms with Crippen LogP contribution in [-0.2, 0) is 4.79 Å². The number of hydrogen-bond donors (Lipinski definition) is 5. The largest absolute Gasteiger partial charge is 0.478 e. The summed E-state index contributed by atoms with van der Waals surface area (Å²) >= 11 is 0. The molecule has 2 heterocycles. The van der Waals surface area contributed by atoms with Crippen LogP contribution in [0.5, 0.6) is 0 Å². The third-order valence-corrected chi connectivity index (χ3v) is 5.78. The number of aliphatic hydroxyl groups is 1. The van der Waals surface area contributed by atoms with Crippen LogP contribution in [0.1, 0.15) is 22.8 Å². The van der Waals surface area contributed by atoms with Gasteiger partial charge in [0.05, 0.1) is 16.8 Å². The first-order valence-electron chi connectivity index (χ1n) is 9.19. The van der Waals surface area contributed by atoms with E-state index in [0.717, 1.165) is 0 Å². The maximum Gasteiger partial charge on any atom is 0.341 e. The highest BCUT2D eigenvalue weighted by molar-refractivity contribution is 6.30. The van der Waals surface area contributed by atoms with Crippen LogP contribution in [0.2, 0.25) is 0 Å². The summed E-state index contributed by atoms with van der Waals surface area (Å²) in [5, 5.41) is 36.2. The lowest BCUT2D eigenvalue weighted by Crippen LogP contribution is -2.45. The molecule has 1 unspecified atom stereocenters. The van der Waals surface area contributed by atoms with E-state index < -0.39 is 23.2 Å². The van der Waals surface area contributed by atoms with Crippen LogP contribution in [0.3, 0.4) is 0 Å². The Morgan fingerprint density at radius 3 is 2.33 bits per heavy atom. The normalized spacial score (nSPS) is 18.2.